The van der Waals surface area contributed by atoms with Gasteiger partial charge in [0, 0.05) is 18.7 Å². The van der Waals surface area contributed by atoms with Crippen LogP contribution in [0.3, 0.4) is 0 Å². The quantitative estimate of drug-likeness (QED) is 0.820. The molecule has 0 heterocycles. The summed E-state index contributed by atoms with van der Waals surface area (Å²) in [4.78, 5) is 11.8. The minimum Gasteiger partial charge on any atom is -0.397 e. The van der Waals surface area contributed by atoms with Crippen LogP contribution in [0.2, 0.25) is 10.0 Å². The fourth-order valence-electron chi connectivity index (χ4n) is 1.42. The number of nitrogens with two attached hydrogens (primary N) is 1. The van der Waals surface area contributed by atoms with Crippen LogP contribution in [-0.4, -0.2) is 25.2 Å². The summed E-state index contributed by atoms with van der Waals surface area (Å²) in [5.41, 5.74) is 6.31. The summed E-state index contributed by atoms with van der Waals surface area (Å²) in [6, 6.07) is 2.98. The predicted octanol–water partition coefficient (Wildman–Crippen LogP) is 2.73. The molecule has 1 aromatic carbocycles. The molecule has 0 aliphatic rings. The molecule has 4 nitrogen and oxygen atoms in total. The van der Waals surface area contributed by atoms with E-state index in [0.29, 0.717) is 18.7 Å². The van der Waals surface area contributed by atoms with Crippen LogP contribution in [0.25, 0.3) is 0 Å². The van der Waals surface area contributed by atoms with Gasteiger partial charge >= 0.3 is 0 Å². The third kappa shape index (κ3) is 4.05. The summed E-state index contributed by atoms with van der Waals surface area (Å²) in [5.74, 6) is -0.258. The molecule has 0 aromatic heterocycles. The lowest BCUT2D eigenvalue weighted by atomic mass is 10.2. The molecule has 1 rings (SSSR count). The van der Waals surface area contributed by atoms with Crippen molar-refractivity contribution < 1.29 is 9.53 Å². The van der Waals surface area contributed by atoms with Crippen molar-refractivity contribution in [3.05, 3.63) is 27.7 Å². The highest BCUT2D eigenvalue weighted by Gasteiger charge is 2.12. The van der Waals surface area contributed by atoms with Gasteiger partial charge in [-0.3, -0.25) is 4.79 Å². The lowest BCUT2D eigenvalue weighted by molar-refractivity contribution is 0.0695. The standard InChI is InChI=1S/C12H16Cl2N2O2/c1-3-18-7(2)6-16-12(17)8-4-9(13)11(14)10(15)5-8/h4-5,7H,3,6,15H2,1-2H3,(H,16,17). The first-order valence-electron chi connectivity index (χ1n) is 5.60. The zero-order valence-corrected chi connectivity index (χ0v) is 11.8. The van der Waals surface area contributed by atoms with Crippen molar-refractivity contribution in [2.45, 2.75) is 20.0 Å². The SMILES string of the molecule is CCOC(C)CNC(=O)c1cc(N)c(Cl)c(Cl)c1. The molecule has 0 bridgehead atoms. The minimum atomic E-state index is -0.258. The normalized spacial score (nSPS) is 12.2. The van der Waals surface area contributed by atoms with E-state index in [1.807, 2.05) is 13.8 Å². The van der Waals surface area contributed by atoms with E-state index in [0.717, 1.165) is 0 Å². The average Bonchev–Trinajstić information content (AvgIpc) is 2.32. The second-order valence-corrected chi connectivity index (χ2v) is 4.62. The van der Waals surface area contributed by atoms with E-state index < -0.39 is 0 Å². The second-order valence-electron chi connectivity index (χ2n) is 3.84. The molecule has 0 fully saturated rings. The Morgan fingerprint density at radius 2 is 2.17 bits per heavy atom. The molecule has 1 aromatic rings. The van der Waals surface area contributed by atoms with Gasteiger partial charge in [-0.25, -0.2) is 0 Å². The van der Waals surface area contributed by atoms with Crippen LogP contribution in [0, 0.1) is 0 Å². The summed E-state index contributed by atoms with van der Waals surface area (Å²) in [5, 5.41) is 3.26. The monoisotopic (exact) mass is 290 g/mol. The van der Waals surface area contributed by atoms with Crippen molar-refractivity contribution in [2.75, 3.05) is 18.9 Å². The number of anilines is 1. The number of halogens is 2. The number of hydrogen-bond acceptors (Lipinski definition) is 3. The lowest BCUT2D eigenvalue weighted by Crippen LogP contribution is -2.32. The van der Waals surface area contributed by atoms with E-state index in [4.69, 9.17) is 33.7 Å². The highest BCUT2D eigenvalue weighted by molar-refractivity contribution is 6.43. The summed E-state index contributed by atoms with van der Waals surface area (Å²) in [6.45, 7) is 4.81. The van der Waals surface area contributed by atoms with Gasteiger partial charge < -0.3 is 15.8 Å². The van der Waals surface area contributed by atoms with Crippen LogP contribution in [0.1, 0.15) is 24.2 Å². The number of amides is 1. The molecule has 100 valence electrons. The molecule has 0 saturated carbocycles. The number of ether oxygens (including phenoxy) is 1. The number of carbonyl (C=O) groups is 1. The number of rotatable bonds is 5. The summed E-state index contributed by atoms with van der Waals surface area (Å²) >= 11 is 11.7. The predicted molar refractivity (Wildman–Crippen MR) is 74.3 cm³/mol. The molecule has 6 heteroatoms. The first-order valence-corrected chi connectivity index (χ1v) is 6.35. The Kier molecular flexibility index (Phi) is 5.72. The maximum atomic E-state index is 11.8. The third-order valence-corrected chi connectivity index (χ3v) is 3.14. The third-order valence-electron chi connectivity index (χ3n) is 2.32. The second kappa shape index (κ2) is 6.83. The number of nitrogens with one attached hydrogen (secondary N) is 1. The van der Waals surface area contributed by atoms with E-state index in [1.165, 1.54) is 12.1 Å². The number of hydrogen-bond donors (Lipinski definition) is 2. The smallest absolute Gasteiger partial charge is 0.251 e. The van der Waals surface area contributed by atoms with Gasteiger partial charge in [0.1, 0.15) is 0 Å². The van der Waals surface area contributed by atoms with E-state index in [2.05, 4.69) is 5.32 Å². The molecular weight excluding hydrogens is 275 g/mol. The lowest BCUT2D eigenvalue weighted by Gasteiger charge is -2.13. The van der Waals surface area contributed by atoms with Crippen LogP contribution in [-0.2, 0) is 4.74 Å². The molecule has 0 saturated heterocycles. The van der Waals surface area contributed by atoms with Crippen molar-refractivity contribution in [3.63, 3.8) is 0 Å². The van der Waals surface area contributed by atoms with Gasteiger partial charge in [-0.15, -0.1) is 0 Å². The van der Waals surface area contributed by atoms with Crippen molar-refractivity contribution in [3.8, 4) is 0 Å². The van der Waals surface area contributed by atoms with Gasteiger partial charge in [0.05, 0.1) is 21.8 Å². The molecule has 0 radical (unpaired) electrons. The van der Waals surface area contributed by atoms with Crippen LogP contribution in [0.5, 0.6) is 0 Å². The molecule has 1 amide bonds. The zero-order valence-electron chi connectivity index (χ0n) is 10.3. The Bertz CT molecular complexity index is 415. The van der Waals surface area contributed by atoms with Gasteiger partial charge in [0.25, 0.3) is 5.91 Å². The van der Waals surface area contributed by atoms with Gasteiger partial charge in [-0.2, -0.15) is 0 Å². The highest BCUT2D eigenvalue weighted by Crippen LogP contribution is 2.29. The van der Waals surface area contributed by atoms with Gasteiger partial charge in [-0.1, -0.05) is 23.2 Å². The van der Waals surface area contributed by atoms with Crippen molar-refractivity contribution in [1.82, 2.24) is 5.32 Å². The molecule has 1 unspecified atom stereocenters. The zero-order chi connectivity index (χ0) is 13.7. The van der Waals surface area contributed by atoms with E-state index in [9.17, 15) is 4.79 Å². The van der Waals surface area contributed by atoms with Gasteiger partial charge in [0.15, 0.2) is 0 Å². The highest BCUT2D eigenvalue weighted by atomic mass is 35.5. The Morgan fingerprint density at radius 1 is 1.50 bits per heavy atom. The number of carbonyl (C=O) groups excluding carboxylic acids is 1. The molecule has 0 aliphatic heterocycles. The molecule has 18 heavy (non-hydrogen) atoms. The van der Waals surface area contributed by atoms with E-state index in [-0.39, 0.29) is 27.7 Å². The number of nitrogen functional groups attached to an aromatic ring is 1. The van der Waals surface area contributed by atoms with Crippen LogP contribution in [0.4, 0.5) is 5.69 Å². The Balaban J connectivity index is 2.67. The fourth-order valence-corrected chi connectivity index (χ4v) is 1.76. The Hall–Kier alpha value is -0.970. The van der Waals surface area contributed by atoms with Gasteiger partial charge in [0.2, 0.25) is 0 Å². The molecule has 3 N–H and O–H groups in total. The maximum Gasteiger partial charge on any atom is 0.251 e. The fraction of sp³-hybridized carbons (Fsp3) is 0.417. The van der Waals surface area contributed by atoms with E-state index in [1.54, 1.807) is 0 Å². The topological polar surface area (TPSA) is 64.3 Å². The van der Waals surface area contributed by atoms with Crippen LogP contribution in [0.15, 0.2) is 12.1 Å². The Labute approximate surface area is 116 Å². The van der Waals surface area contributed by atoms with Crippen molar-refractivity contribution >= 4 is 34.8 Å². The minimum absolute atomic E-state index is 0.0425. The molecule has 0 spiro atoms. The summed E-state index contributed by atoms with van der Waals surface area (Å²) < 4.78 is 5.31. The maximum absolute atomic E-state index is 11.8. The molecule has 0 aliphatic carbocycles. The number of benzene rings is 1. The van der Waals surface area contributed by atoms with Gasteiger partial charge in [-0.05, 0) is 26.0 Å². The van der Waals surface area contributed by atoms with Crippen molar-refractivity contribution in [2.24, 2.45) is 0 Å². The average molecular weight is 291 g/mol. The Morgan fingerprint density at radius 3 is 2.72 bits per heavy atom. The van der Waals surface area contributed by atoms with Crippen LogP contribution < -0.4 is 11.1 Å². The first-order chi connectivity index (χ1) is 8.45. The first kappa shape index (κ1) is 15.1. The summed E-state index contributed by atoms with van der Waals surface area (Å²) in [6.07, 6.45) is -0.0425. The molecule has 1 atom stereocenters. The van der Waals surface area contributed by atoms with E-state index >= 15 is 0 Å². The molecular formula is C12H16Cl2N2O2. The summed E-state index contributed by atoms with van der Waals surface area (Å²) in [7, 11) is 0. The van der Waals surface area contributed by atoms with Crippen LogP contribution >= 0.6 is 23.2 Å². The van der Waals surface area contributed by atoms with Crippen molar-refractivity contribution in [1.29, 1.82) is 0 Å². The largest absolute Gasteiger partial charge is 0.397 e.